The van der Waals surface area contributed by atoms with Crippen molar-refractivity contribution in [3.8, 4) is 0 Å². The molecule has 6 heteroatoms. The average Bonchev–Trinajstić information content (AvgIpc) is 2.55. The second-order valence-corrected chi connectivity index (χ2v) is 6.79. The van der Waals surface area contributed by atoms with Gasteiger partial charge in [-0.15, -0.1) is 0 Å². The third kappa shape index (κ3) is 4.96. The summed E-state index contributed by atoms with van der Waals surface area (Å²) in [5.74, 6) is -0.325. The molecule has 24 heavy (non-hydrogen) atoms. The number of hydrogen-bond acceptors (Lipinski definition) is 4. The van der Waals surface area contributed by atoms with Gasteiger partial charge >= 0.3 is 0 Å². The maximum absolute atomic E-state index is 12.4. The Hall–Kier alpha value is -2.08. The van der Waals surface area contributed by atoms with Crippen LogP contribution < -0.4 is 10.6 Å². The zero-order chi connectivity index (χ0) is 17.7. The average molecular weight is 332 g/mol. The van der Waals surface area contributed by atoms with E-state index in [9.17, 15) is 9.59 Å². The molecule has 2 N–H and O–H groups in total. The fraction of sp³-hybridized carbons (Fsp3) is 0.556. The minimum absolute atomic E-state index is 0.0665. The largest absolute Gasteiger partial charge is 0.378 e. The number of carbonyl (C=O) groups is 2. The quantitative estimate of drug-likeness (QED) is 0.841. The lowest BCUT2D eigenvalue weighted by atomic mass is 9.97. The lowest BCUT2D eigenvalue weighted by Gasteiger charge is -2.31. The van der Waals surface area contributed by atoms with Gasteiger partial charge in [0.2, 0.25) is 11.8 Å². The molecule has 0 spiro atoms. The molecule has 0 radical (unpaired) electrons. The Morgan fingerprint density at radius 2 is 1.88 bits per heavy atom. The third-order valence-electron chi connectivity index (χ3n) is 4.56. The summed E-state index contributed by atoms with van der Waals surface area (Å²) in [6.07, 6.45) is 1.74. The molecule has 1 saturated heterocycles. The van der Waals surface area contributed by atoms with Gasteiger partial charge in [-0.2, -0.15) is 0 Å². The van der Waals surface area contributed by atoms with Crippen molar-refractivity contribution in [3.05, 3.63) is 29.8 Å². The Morgan fingerprint density at radius 1 is 1.21 bits per heavy atom. The van der Waals surface area contributed by atoms with Crippen LogP contribution in [0, 0.1) is 5.92 Å². The van der Waals surface area contributed by atoms with Crippen molar-refractivity contribution in [2.75, 3.05) is 45.7 Å². The Morgan fingerprint density at radius 3 is 2.46 bits per heavy atom. The molecule has 1 atom stereocenters. The maximum Gasteiger partial charge on any atom is 0.236 e. The Bertz CT molecular complexity index is 571. The van der Waals surface area contributed by atoms with E-state index in [4.69, 9.17) is 5.73 Å². The van der Waals surface area contributed by atoms with Gasteiger partial charge in [-0.25, -0.2) is 0 Å². The van der Waals surface area contributed by atoms with Gasteiger partial charge in [0, 0.05) is 39.9 Å². The molecular weight excluding hydrogens is 304 g/mol. The van der Waals surface area contributed by atoms with E-state index in [-0.39, 0.29) is 17.7 Å². The maximum atomic E-state index is 12.4. The number of amides is 2. The molecule has 1 fully saturated rings. The first-order valence-corrected chi connectivity index (χ1v) is 8.38. The summed E-state index contributed by atoms with van der Waals surface area (Å²) < 4.78 is 0. The number of carbonyl (C=O) groups excluding carboxylic acids is 2. The molecule has 132 valence electrons. The second kappa shape index (κ2) is 8.15. The highest BCUT2D eigenvalue weighted by Crippen LogP contribution is 2.17. The van der Waals surface area contributed by atoms with Crippen LogP contribution in [-0.4, -0.2) is 62.4 Å². The van der Waals surface area contributed by atoms with Gasteiger partial charge in [0.1, 0.15) is 0 Å². The summed E-state index contributed by atoms with van der Waals surface area (Å²) in [7, 11) is 5.82. The number of hydrogen-bond donors (Lipinski definition) is 1. The molecule has 0 unspecified atom stereocenters. The summed E-state index contributed by atoms with van der Waals surface area (Å²) in [6.45, 7) is 2.36. The van der Waals surface area contributed by atoms with Crippen molar-refractivity contribution in [2.45, 2.75) is 19.4 Å². The van der Waals surface area contributed by atoms with Crippen LogP contribution in [0.3, 0.4) is 0 Å². The third-order valence-corrected chi connectivity index (χ3v) is 4.56. The number of nitrogens with zero attached hydrogens (tertiary/aromatic N) is 3. The molecule has 0 aliphatic carbocycles. The summed E-state index contributed by atoms with van der Waals surface area (Å²) >= 11 is 0. The highest BCUT2D eigenvalue weighted by atomic mass is 16.2. The summed E-state index contributed by atoms with van der Waals surface area (Å²) in [6, 6.07) is 8.19. The first kappa shape index (κ1) is 18.3. The molecule has 0 aromatic heterocycles. The second-order valence-electron chi connectivity index (χ2n) is 6.79. The molecule has 1 aliphatic rings. The first-order chi connectivity index (χ1) is 11.4. The molecule has 1 aromatic rings. The highest BCUT2D eigenvalue weighted by molar-refractivity contribution is 5.79. The zero-order valence-electron chi connectivity index (χ0n) is 14.9. The van der Waals surface area contributed by atoms with Crippen LogP contribution >= 0.6 is 0 Å². The standard InChI is InChI=1S/C18H28N4O2/c1-20(2)16-8-6-14(7-9-16)11-21(3)17(23)13-22-10-4-5-15(12-22)18(19)24/h6-9,15H,4-5,10-13H2,1-3H3,(H2,19,24)/t15-/m0/s1. The van der Waals surface area contributed by atoms with Crippen LogP contribution in [0.4, 0.5) is 5.69 Å². The summed E-state index contributed by atoms with van der Waals surface area (Å²) in [5, 5.41) is 0. The van der Waals surface area contributed by atoms with E-state index in [0.29, 0.717) is 19.6 Å². The monoisotopic (exact) mass is 332 g/mol. The van der Waals surface area contributed by atoms with E-state index in [1.165, 1.54) is 0 Å². The van der Waals surface area contributed by atoms with Gasteiger partial charge in [-0.3, -0.25) is 14.5 Å². The van der Waals surface area contributed by atoms with Gasteiger partial charge < -0.3 is 15.5 Å². The van der Waals surface area contributed by atoms with Gasteiger partial charge in [0.15, 0.2) is 0 Å². The minimum atomic E-state index is -0.263. The lowest BCUT2D eigenvalue weighted by Crippen LogP contribution is -2.45. The van der Waals surface area contributed by atoms with Gasteiger partial charge in [0.25, 0.3) is 0 Å². The van der Waals surface area contributed by atoms with Crippen LogP contribution in [0.25, 0.3) is 0 Å². The molecule has 0 bridgehead atoms. The van der Waals surface area contributed by atoms with Crippen LogP contribution in [0.2, 0.25) is 0 Å². The summed E-state index contributed by atoms with van der Waals surface area (Å²) in [5.41, 5.74) is 7.63. The zero-order valence-corrected chi connectivity index (χ0v) is 14.9. The van der Waals surface area contributed by atoms with Crippen molar-refractivity contribution < 1.29 is 9.59 Å². The predicted molar refractivity (Wildman–Crippen MR) is 95.6 cm³/mol. The van der Waals surface area contributed by atoms with Crippen molar-refractivity contribution in [3.63, 3.8) is 0 Å². The number of piperidine rings is 1. The van der Waals surface area contributed by atoms with E-state index in [1.54, 1.807) is 4.90 Å². The van der Waals surface area contributed by atoms with Crippen molar-refractivity contribution >= 4 is 17.5 Å². The normalized spacial score (nSPS) is 18.2. The van der Waals surface area contributed by atoms with E-state index >= 15 is 0 Å². The first-order valence-electron chi connectivity index (χ1n) is 8.38. The van der Waals surface area contributed by atoms with Crippen molar-refractivity contribution in [1.29, 1.82) is 0 Å². The number of likely N-dealkylation sites (N-methyl/N-ethyl adjacent to an activating group) is 1. The lowest BCUT2D eigenvalue weighted by molar-refractivity contribution is -0.133. The van der Waals surface area contributed by atoms with E-state index in [1.807, 2.05) is 43.1 Å². The number of nitrogens with two attached hydrogens (primary N) is 1. The Kier molecular flexibility index (Phi) is 6.20. The van der Waals surface area contributed by atoms with E-state index in [2.05, 4.69) is 12.1 Å². The number of primary amides is 1. The molecule has 6 nitrogen and oxygen atoms in total. The number of likely N-dealkylation sites (tertiary alicyclic amines) is 1. The molecule has 2 rings (SSSR count). The van der Waals surface area contributed by atoms with Crippen molar-refractivity contribution in [1.82, 2.24) is 9.80 Å². The van der Waals surface area contributed by atoms with Crippen LogP contribution in [0.5, 0.6) is 0 Å². The van der Waals surface area contributed by atoms with Crippen molar-refractivity contribution in [2.24, 2.45) is 11.7 Å². The minimum Gasteiger partial charge on any atom is -0.378 e. The van der Waals surface area contributed by atoms with E-state index < -0.39 is 0 Å². The van der Waals surface area contributed by atoms with Gasteiger partial charge in [-0.05, 0) is 37.1 Å². The number of rotatable bonds is 6. The van der Waals surface area contributed by atoms with Crippen LogP contribution in [0.1, 0.15) is 18.4 Å². The SMILES string of the molecule is CN(Cc1ccc(N(C)C)cc1)C(=O)CN1CCC[C@H](C(N)=O)C1. The van der Waals surface area contributed by atoms with Crippen LogP contribution in [0.15, 0.2) is 24.3 Å². The molecular formula is C18H28N4O2. The molecule has 1 aromatic carbocycles. The molecule has 1 aliphatic heterocycles. The van der Waals surface area contributed by atoms with Gasteiger partial charge in [0.05, 0.1) is 12.5 Å². The van der Waals surface area contributed by atoms with E-state index in [0.717, 1.165) is 30.6 Å². The topological polar surface area (TPSA) is 69.9 Å². The molecule has 0 saturated carbocycles. The van der Waals surface area contributed by atoms with Crippen LogP contribution in [-0.2, 0) is 16.1 Å². The number of benzene rings is 1. The predicted octanol–water partition coefficient (Wildman–Crippen LogP) is 0.908. The number of anilines is 1. The fourth-order valence-corrected chi connectivity index (χ4v) is 3.00. The Balaban J connectivity index is 1.86. The molecule has 1 heterocycles. The fourth-order valence-electron chi connectivity index (χ4n) is 3.00. The summed E-state index contributed by atoms with van der Waals surface area (Å²) in [4.78, 5) is 29.6. The smallest absolute Gasteiger partial charge is 0.236 e. The molecule has 2 amide bonds. The highest BCUT2D eigenvalue weighted by Gasteiger charge is 2.25. The van der Waals surface area contributed by atoms with Gasteiger partial charge in [-0.1, -0.05) is 12.1 Å². The Labute approximate surface area is 144 Å².